The van der Waals surface area contributed by atoms with Gasteiger partial charge in [0.1, 0.15) is 5.75 Å². The van der Waals surface area contributed by atoms with E-state index in [1.54, 1.807) is 12.1 Å². The summed E-state index contributed by atoms with van der Waals surface area (Å²) in [5.41, 5.74) is 13.8. The van der Waals surface area contributed by atoms with Crippen LogP contribution in [0.1, 0.15) is 41.7 Å². The van der Waals surface area contributed by atoms with Crippen molar-refractivity contribution in [2.45, 2.75) is 33.1 Å². The summed E-state index contributed by atoms with van der Waals surface area (Å²) in [6.45, 7) is 4.28. The number of hydrogen-bond donors (Lipinski definition) is 2. The molecule has 3 rings (SSSR count). The van der Waals surface area contributed by atoms with Crippen molar-refractivity contribution in [2.24, 2.45) is 4.99 Å². The van der Waals surface area contributed by atoms with Crippen LogP contribution in [-0.2, 0) is 19.3 Å². The van der Waals surface area contributed by atoms with Crippen molar-refractivity contribution in [1.82, 2.24) is 0 Å². The second kappa shape index (κ2) is 8.54. The molecule has 3 heteroatoms. The molecule has 0 saturated carbocycles. The molecule has 0 aliphatic heterocycles. The van der Waals surface area contributed by atoms with Crippen LogP contribution < -0.4 is 5.73 Å². The summed E-state index contributed by atoms with van der Waals surface area (Å²) < 4.78 is 0. The van der Waals surface area contributed by atoms with Gasteiger partial charge in [-0.25, -0.2) is 0 Å². The summed E-state index contributed by atoms with van der Waals surface area (Å²) in [5, 5.41) is 9.37. The maximum absolute atomic E-state index is 9.37. The average Bonchev–Trinajstić information content (AvgIpc) is 2.69. The van der Waals surface area contributed by atoms with Crippen molar-refractivity contribution in [2.75, 3.05) is 5.73 Å². The minimum Gasteiger partial charge on any atom is -0.508 e. The van der Waals surface area contributed by atoms with Crippen molar-refractivity contribution >= 4 is 17.6 Å². The number of aromatic hydroxyl groups is 1. The van der Waals surface area contributed by atoms with Crippen LogP contribution in [0.4, 0.5) is 11.4 Å². The lowest BCUT2D eigenvalue weighted by Gasteiger charge is -2.10. The van der Waals surface area contributed by atoms with Crippen LogP contribution in [0.2, 0.25) is 0 Å². The van der Waals surface area contributed by atoms with Gasteiger partial charge in [0.15, 0.2) is 0 Å². The molecule has 3 aromatic rings. The van der Waals surface area contributed by atoms with Gasteiger partial charge in [-0.1, -0.05) is 38.1 Å². The van der Waals surface area contributed by atoms with Crippen molar-refractivity contribution in [3.05, 3.63) is 88.5 Å². The van der Waals surface area contributed by atoms with Gasteiger partial charge in [-0.15, -0.1) is 0 Å². The first-order valence-corrected chi connectivity index (χ1v) is 9.41. The first-order chi connectivity index (χ1) is 13.1. The maximum Gasteiger partial charge on any atom is 0.115 e. The van der Waals surface area contributed by atoms with Crippen molar-refractivity contribution < 1.29 is 5.11 Å². The molecule has 0 fully saturated rings. The molecule has 0 atom stereocenters. The largest absolute Gasteiger partial charge is 0.508 e. The lowest BCUT2D eigenvalue weighted by Crippen LogP contribution is -1.96. The number of rotatable bonds is 6. The highest BCUT2D eigenvalue weighted by molar-refractivity contribution is 5.82. The van der Waals surface area contributed by atoms with Crippen LogP contribution in [0.3, 0.4) is 0 Å². The highest BCUT2D eigenvalue weighted by Gasteiger charge is 2.05. The first kappa shape index (κ1) is 18.7. The molecular formula is C24H26N2O. The van der Waals surface area contributed by atoms with Crippen molar-refractivity contribution in [3.63, 3.8) is 0 Å². The van der Waals surface area contributed by atoms with Crippen molar-refractivity contribution in [3.8, 4) is 5.75 Å². The number of aryl methyl sites for hydroxylation is 2. The number of phenolic OH excluding ortho intramolecular Hbond substituents is 1. The molecule has 138 valence electrons. The van der Waals surface area contributed by atoms with E-state index in [0.29, 0.717) is 0 Å². The number of nitrogen functional groups attached to an aromatic ring is 1. The third-order valence-corrected chi connectivity index (χ3v) is 4.77. The smallest absolute Gasteiger partial charge is 0.115 e. The van der Waals surface area contributed by atoms with E-state index in [9.17, 15) is 5.11 Å². The van der Waals surface area contributed by atoms with E-state index in [1.165, 1.54) is 22.3 Å². The zero-order chi connectivity index (χ0) is 19.2. The summed E-state index contributed by atoms with van der Waals surface area (Å²) in [5.74, 6) is 0.264. The van der Waals surface area contributed by atoms with Crippen LogP contribution in [0.15, 0.2) is 65.7 Å². The molecule has 0 saturated heterocycles. The van der Waals surface area contributed by atoms with E-state index < -0.39 is 0 Å². The predicted molar refractivity (Wildman–Crippen MR) is 114 cm³/mol. The first-order valence-electron chi connectivity index (χ1n) is 9.41. The van der Waals surface area contributed by atoms with Crippen molar-refractivity contribution in [1.29, 1.82) is 0 Å². The highest BCUT2D eigenvalue weighted by atomic mass is 16.3. The van der Waals surface area contributed by atoms with Gasteiger partial charge in [0.25, 0.3) is 0 Å². The number of nitrogens with zero attached hydrogens (tertiary/aromatic N) is 1. The molecule has 0 radical (unpaired) electrons. The van der Waals surface area contributed by atoms with E-state index in [0.717, 1.165) is 36.2 Å². The number of benzene rings is 3. The highest BCUT2D eigenvalue weighted by Crippen LogP contribution is 2.24. The number of anilines is 1. The second-order valence-corrected chi connectivity index (χ2v) is 6.73. The van der Waals surface area contributed by atoms with E-state index in [1.807, 2.05) is 24.4 Å². The Morgan fingerprint density at radius 3 is 2.15 bits per heavy atom. The quantitative estimate of drug-likeness (QED) is 0.455. The molecule has 0 spiro atoms. The third kappa shape index (κ3) is 4.76. The van der Waals surface area contributed by atoms with Gasteiger partial charge in [-0.05, 0) is 83.5 Å². The molecule has 0 aliphatic rings. The van der Waals surface area contributed by atoms with Gasteiger partial charge in [-0.3, -0.25) is 4.99 Å². The monoisotopic (exact) mass is 358 g/mol. The SMILES string of the molecule is CCc1cc(Cc2ccc(N=Cc3ccc(O)cc3)c(CC)c2)ccc1N. The van der Waals surface area contributed by atoms with Gasteiger partial charge in [0.2, 0.25) is 0 Å². The fourth-order valence-corrected chi connectivity index (χ4v) is 3.17. The molecule has 27 heavy (non-hydrogen) atoms. The Labute approximate surface area is 161 Å². The average molecular weight is 358 g/mol. The number of phenols is 1. The Bertz CT molecular complexity index is 943. The Balaban J connectivity index is 1.80. The van der Waals surface area contributed by atoms with E-state index >= 15 is 0 Å². The number of aliphatic imine (C=N–C) groups is 1. The van der Waals surface area contributed by atoms with E-state index in [4.69, 9.17) is 5.73 Å². The Morgan fingerprint density at radius 2 is 1.48 bits per heavy atom. The molecule has 0 amide bonds. The zero-order valence-corrected chi connectivity index (χ0v) is 15.9. The molecule has 0 heterocycles. The molecule has 0 aliphatic carbocycles. The van der Waals surface area contributed by atoms with Gasteiger partial charge >= 0.3 is 0 Å². The Kier molecular flexibility index (Phi) is 5.92. The van der Waals surface area contributed by atoms with Crippen LogP contribution in [0, 0.1) is 0 Å². The number of nitrogens with two attached hydrogens (primary N) is 1. The summed E-state index contributed by atoms with van der Waals surface area (Å²) >= 11 is 0. The molecule has 0 bridgehead atoms. The summed E-state index contributed by atoms with van der Waals surface area (Å²) in [6.07, 6.45) is 4.60. The Morgan fingerprint density at radius 1 is 0.852 bits per heavy atom. The minimum absolute atomic E-state index is 0.264. The fourth-order valence-electron chi connectivity index (χ4n) is 3.17. The van der Waals surface area contributed by atoms with Crippen LogP contribution in [0.25, 0.3) is 0 Å². The van der Waals surface area contributed by atoms with E-state index in [2.05, 4.69) is 49.2 Å². The summed E-state index contributed by atoms with van der Waals surface area (Å²) in [4.78, 5) is 4.64. The number of hydrogen-bond acceptors (Lipinski definition) is 3. The second-order valence-electron chi connectivity index (χ2n) is 6.73. The van der Waals surface area contributed by atoms with Gasteiger partial charge in [0, 0.05) is 11.9 Å². The molecule has 3 aromatic carbocycles. The topological polar surface area (TPSA) is 58.6 Å². The standard InChI is InChI=1S/C24H26N2O/c1-3-20-14-18(7-11-23(20)25)13-19-8-12-24(21(4-2)15-19)26-16-17-5-9-22(27)10-6-17/h5-12,14-16,27H,3-4,13,25H2,1-2H3. The molecular weight excluding hydrogens is 332 g/mol. The van der Waals surface area contributed by atoms with Gasteiger partial charge in [-0.2, -0.15) is 0 Å². The molecule has 0 aromatic heterocycles. The van der Waals surface area contributed by atoms with Gasteiger partial charge < -0.3 is 10.8 Å². The van der Waals surface area contributed by atoms with Crippen LogP contribution >= 0.6 is 0 Å². The zero-order valence-electron chi connectivity index (χ0n) is 15.9. The molecule has 0 unspecified atom stereocenters. The predicted octanol–water partition coefficient (Wildman–Crippen LogP) is 5.44. The Hall–Kier alpha value is -3.07. The normalized spacial score (nSPS) is 11.2. The lowest BCUT2D eigenvalue weighted by atomic mass is 9.98. The van der Waals surface area contributed by atoms with Crippen LogP contribution in [0.5, 0.6) is 5.75 Å². The minimum atomic E-state index is 0.264. The maximum atomic E-state index is 9.37. The molecule has 3 N–H and O–H groups in total. The van der Waals surface area contributed by atoms with E-state index in [-0.39, 0.29) is 5.75 Å². The van der Waals surface area contributed by atoms with Gasteiger partial charge in [0.05, 0.1) is 5.69 Å². The third-order valence-electron chi connectivity index (χ3n) is 4.77. The summed E-state index contributed by atoms with van der Waals surface area (Å²) in [6, 6.07) is 19.8. The van der Waals surface area contributed by atoms with Crippen LogP contribution in [-0.4, -0.2) is 11.3 Å². The summed E-state index contributed by atoms with van der Waals surface area (Å²) in [7, 11) is 0. The lowest BCUT2D eigenvalue weighted by molar-refractivity contribution is 0.475. The fraction of sp³-hybridized carbons (Fsp3) is 0.208. The molecule has 3 nitrogen and oxygen atoms in total.